The van der Waals surface area contributed by atoms with Gasteiger partial charge in [0.05, 0.1) is 20.3 Å². The molecule has 1 unspecified atom stereocenters. The molecule has 0 spiro atoms. The number of hydrogen-bond acceptors (Lipinski definition) is 5. The maximum atomic E-state index is 13.3. The van der Waals surface area contributed by atoms with Gasteiger partial charge in [0.2, 0.25) is 5.91 Å². The van der Waals surface area contributed by atoms with Crippen molar-refractivity contribution in [3.05, 3.63) is 57.8 Å². The van der Waals surface area contributed by atoms with Gasteiger partial charge in [0.1, 0.15) is 18.0 Å². The van der Waals surface area contributed by atoms with E-state index in [4.69, 9.17) is 33.3 Å². The molecule has 0 aliphatic carbocycles. The molecule has 1 aromatic heterocycles. The monoisotopic (exact) mass is 458 g/mol. The van der Waals surface area contributed by atoms with Crippen LogP contribution in [0, 0.1) is 4.77 Å². The fourth-order valence-corrected chi connectivity index (χ4v) is 4.31. The lowest BCUT2D eigenvalue weighted by molar-refractivity contribution is -0.132. The molecule has 0 saturated carbocycles. The number of nitrogens with one attached hydrogen (secondary N) is 1. The molecule has 1 fully saturated rings. The van der Waals surface area contributed by atoms with Gasteiger partial charge in [0.25, 0.3) is 0 Å². The van der Waals surface area contributed by atoms with Crippen molar-refractivity contribution in [3.8, 4) is 22.9 Å². The van der Waals surface area contributed by atoms with Gasteiger partial charge in [-0.25, -0.2) is 0 Å². The Balaban J connectivity index is 1.60. The summed E-state index contributed by atoms with van der Waals surface area (Å²) in [6.45, 7) is 0.780. The van der Waals surface area contributed by atoms with Crippen LogP contribution < -0.4 is 9.47 Å². The van der Waals surface area contributed by atoms with E-state index in [1.165, 1.54) is 0 Å². The summed E-state index contributed by atoms with van der Waals surface area (Å²) in [7, 11) is 3.25. The summed E-state index contributed by atoms with van der Waals surface area (Å²) in [6, 6.07) is 12.9. The van der Waals surface area contributed by atoms with Gasteiger partial charge in [-0.2, -0.15) is 5.10 Å². The number of aromatic amines is 1. The second-order valence-corrected chi connectivity index (χ2v) is 8.12. The van der Waals surface area contributed by atoms with Crippen LogP contribution in [0.15, 0.2) is 42.5 Å². The molecule has 3 aromatic rings. The van der Waals surface area contributed by atoms with Crippen LogP contribution in [0.3, 0.4) is 0 Å². The number of carbonyl (C=O) groups is 1. The molecule has 0 bridgehead atoms. The van der Waals surface area contributed by atoms with Crippen LogP contribution in [0.4, 0.5) is 0 Å². The normalized spacial score (nSPS) is 15.8. The molecule has 162 valence electrons. The number of methoxy groups -OCH3 is 2. The Morgan fingerprint density at radius 2 is 2.00 bits per heavy atom. The smallest absolute Gasteiger partial charge is 0.243 e. The van der Waals surface area contributed by atoms with Crippen molar-refractivity contribution in [2.75, 3.05) is 20.8 Å². The van der Waals surface area contributed by atoms with Crippen LogP contribution in [0.5, 0.6) is 11.5 Å². The summed E-state index contributed by atoms with van der Waals surface area (Å²) in [6.07, 6.45) is 1.79. The standard InChI is InChI=1S/C22H23ClN4O3S/c1-29-16-9-10-17(19(12-16)30-2)18-4-3-11-26(18)20(28)13-27-21(24-25-22(27)31)14-5-7-15(23)8-6-14/h5-10,12,18H,3-4,11,13H2,1-2H3,(H,25,31). The number of H-pyrrole nitrogens is 1. The van der Waals surface area contributed by atoms with Crippen molar-refractivity contribution in [1.82, 2.24) is 19.7 Å². The Morgan fingerprint density at radius 3 is 2.71 bits per heavy atom. The van der Waals surface area contributed by atoms with E-state index in [9.17, 15) is 4.79 Å². The number of ether oxygens (including phenoxy) is 2. The molecule has 1 aliphatic heterocycles. The van der Waals surface area contributed by atoms with Gasteiger partial charge in [0, 0.05) is 28.8 Å². The first-order chi connectivity index (χ1) is 15.0. The third-order valence-electron chi connectivity index (χ3n) is 5.53. The van der Waals surface area contributed by atoms with Crippen molar-refractivity contribution in [3.63, 3.8) is 0 Å². The van der Waals surface area contributed by atoms with E-state index in [-0.39, 0.29) is 18.5 Å². The lowest BCUT2D eigenvalue weighted by atomic mass is 10.0. The zero-order valence-electron chi connectivity index (χ0n) is 17.3. The third-order valence-corrected chi connectivity index (χ3v) is 6.09. The predicted molar refractivity (Wildman–Crippen MR) is 121 cm³/mol. The van der Waals surface area contributed by atoms with Gasteiger partial charge in [0.15, 0.2) is 10.6 Å². The minimum Gasteiger partial charge on any atom is -0.497 e. The van der Waals surface area contributed by atoms with E-state index >= 15 is 0 Å². The van der Waals surface area contributed by atoms with Crippen LogP contribution in [0.25, 0.3) is 11.4 Å². The van der Waals surface area contributed by atoms with E-state index in [1.807, 2.05) is 35.2 Å². The topological polar surface area (TPSA) is 72.4 Å². The Kier molecular flexibility index (Phi) is 6.29. The fourth-order valence-electron chi connectivity index (χ4n) is 3.99. The predicted octanol–water partition coefficient (Wildman–Crippen LogP) is 4.64. The fraction of sp³-hybridized carbons (Fsp3) is 0.318. The Labute approximate surface area is 190 Å². The van der Waals surface area contributed by atoms with Gasteiger partial charge in [-0.3, -0.25) is 14.5 Å². The van der Waals surface area contributed by atoms with Crippen molar-refractivity contribution >= 4 is 29.7 Å². The van der Waals surface area contributed by atoms with Crippen LogP contribution in [0.1, 0.15) is 24.4 Å². The lowest BCUT2D eigenvalue weighted by Crippen LogP contribution is -2.33. The van der Waals surface area contributed by atoms with Crippen LogP contribution in [0.2, 0.25) is 5.02 Å². The highest BCUT2D eigenvalue weighted by Gasteiger charge is 2.32. The number of amides is 1. The molecule has 2 heterocycles. The maximum absolute atomic E-state index is 13.3. The molecule has 7 nitrogen and oxygen atoms in total. The molecular weight excluding hydrogens is 436 g/mol. The molecule has 31 heavy (non-hydrogen) atoms. The van der Waals surface area contributed by atoms with E-state index in [0.717, 1.165) is 24.0 Å². The first-order valence-corrected chi connectivity index (χ1v) is 10.7. The Morgan fingerprint density at radius 1 is 1.23 bits per heavy atom. The van der Waals surface area contributed by atoms with Crippen LogP contribution in [-0.4, -0.2) is 46.3 Å². The maximum Gasteiger partial charge on any atom is 0.243 e. The van der Waals surface area contributed by atoms with E-state index < -0.39 is 0 Å². The zero-order valence-corrected chi connectivity index (χ0v) is 18.9. The van der Waals surface area contributed by atoms with Gasteiger partial charge in [-0.1, -0.05) is 11.6 Å². The minimum absolute atomic E-state index is 0.0203. The molecular formula is C22H23ClN4O3S. The zero-order chi connectivity index (χ0) is 22.0. The molecule has 1 atom stereocenters. The third kappa shape index (κ3) is 4.31. The van der Waals surface area contributed by atoms with Crippen LogP contribution in [-0.2, 0) is 11.3 Å². The molecule has 1 saturated heterocycles. The number of benzene rings is 2. The first-order valence-electron chi connectivity index (χ1n) is 9.94. The number of likely N-dealkylation sites (tertiary alicyclic amines) is 1. The average molecular weight is 459 g/mol. The van der Waals surface area contributed by atoms with Crippen molar-refractivity contribution < 1.29 is 14.3 Å². The number of rotatable bonds is 6. The molecule has 2 aromatic carbocycles. The summed E-state index contributed by atoms with van der Waals surface area (Å²) < 4.78 is 13.0. The van der Waals surface area contributed by atoms with Gasteiger partial charge in [-0.05, 0) is 61.5 Å². The van der Waals surface area contributed by atoms with Gasteiger partial charge < -0.3 is 14.4 Å². The summed E-state index contributed by atoms with van der Waals surface area (Å²) in [4.78, 5) is 15.2. The van der Waals surface area contributed by atoms with Crippen LogP contribution >= 0.6 is 23.8 Å². The molecule has 1 N–H and O–H groups in total. The Bertz CT molecular complexity index is 1140. The molecule has 1 amide bonds. The van der Waals surface area contributed by atoms with Crippen molar-refractivity contribution in [2.24, 2.45) is 0 Å². The molecule has 0 radical (unpaired) electrons. The molecule has 1 aliphatic rings. The Hall–Kier alpha value is -2.84. The van der Waals surface area contributed by atoms with E-state index in [1.54, 1.807) is 30.9 Å². The van der Waals surface area contributed by atoms with Gasteiger partial charge in [-0.15, -0.1) is 0 Å². The van der Waals surface area contributed by atoms with E-state index in [2.05, 4.69) is 10.2 Å². The van der Waals surface area contributed by atoms with Crippen molar-refractivity contribution in [2.45, 2.75) is 25.4 Å². The highest BCUT2D eigenvalue weighted by Crippen LogP contribution is 2.39. The largest absolute Gasteiger partial charge is 0.497 e. The van der Waals surface area contributed by atoms with Crippen molar-refractivity contribution in [1.29, 1.82) is 0 Å². The summed E-state index contributed by atoms with van der Waals surface area (Å²) in [5.74, 6) is 2.01. The second kappa shape index (κ2) is 9.11. The number of hydrogen-bond donors (Lipinski definition) is 1. The second-order valence-electron chi connectivity index (χ2n) is 7.30. The summed E-state index contributed by atoms with van der Waals surface area (Å²) in [5.41, 5.74) is 1.81. The minimum atomic E-state index is -0.0617. The van der Waals surface area contributed by atoms with Gasteiger partial charge >= 0.3 is 0 Å². The first kappa shape index (κ1) is 21.4. The summed E-state index contributed by atoms with van der Waals surface area (Å²) in [5, 5.41) is 7.75. The number of halogens is 1. The SMILES string of the molecule is COc1ccc(C2CCCN2C(=O)Cn2c(-c3ccc(Cl)cc3)n[nH]c2=S)c(OC)c1. The quantitative estimate of drug-likeness (QED) is 0.545. The number of nitrogens with zero attached hydrogens (tertiary/aromatic N) is 3. The molecule has 9 heteroatoms. The highest BCUT2D eigenvalue weighted by molar-refractivity contribution is 7.71. The number of aromatic nitrogens is 3. The lowest BCUT2D eigenvalue weighted by Gasteiger charge is -2.27. The average Bonchev–Trinajstić information content (AvgIpc) is 3.41. The van der Waals surface area contributed by atoms with E-state index in [0.29, 0.717) is 33.7 Å². The summed E-state index contributed by atoms with van der Waals surface area (Å²) >= 11 is 11.4. The number of carbonyl (C=O) groups excluding carboxylic acids is 1. The molecule has 4 rings (SSSR count). The highest BCUT2D eigenvalue weighted by atomic mass is 35.5.